The molecule has 1 aromatic heterocycles. The fraction of sp³-hybridized carbons (Fsp3) is 0.214. The first-order valence-corrected chi connectivity index (χ1v) is 6.85. The maximum atomic E-state index is 5.87. The second kappa shape index (κ2) is 6.32. The maximum Gasteiger partial charge on any atom is 0.129 e. The largest absolute Gasteiger partial charge is 0.296 e. The summed E-state index contributed by atoms with van der Waals surface area (Å²) in [7, 11) is 2.07. The van der Waals surface area contributed by atoms with Crippen LogP contribution in [0.25, 0.3) is 0 Å². The molecule has 18 heavy (non-hydrogen) atoms. The number of hydrogen-bond donors (Lipinski definition) is 0. The fourth-order valence-corrected chi connectivity index (χ4v) is 2.22. The van der Waals surface area contributed by atoms with E-state index in [1.807, 2.05) is 12.1 Å². The smallest absolute Gasteiger partial charge is 0.129 e. The number of halogens is 2. The van der Waals surface area contributed by atoms with Gasteiger partial charge in [-0.2, -0.15) is 0 Å². The van der Waals surface area contributed by atoms with Crippen LogP contribution in [0.4, 0.5) is 0 Å². The zero-order chi connectivity index (χ0) is 13.0. The molecule has 1 heterocycles. The molecule has 0 fully saturated rings. The van der Waals surface area contributed by atoms with Gasteiger partial charge in [-0.15, -0.1) is 0 Å². The first-order valence-electron chi connectivity index (χ1n) is 5.68. The Morgan fingerprint density at radius 2 is 1.83 bits per heavy atom. The lowest BCUT2D eigenvalue weighted by atomic mass is 10.2. The summed E-state index contributed by atoms with van der Waals surface area (Å²) >= 11 is 9.31. The standard InChI is InChI=1S/C14H14BrClN2/c1-18(9-11-5-7-12(15)8-6-11)10-13-3-2-4-14(16)17-13/h2-8H,9-10H2,1H3. The second-order valence-corrected chi connectivity index (χ2v) is 5.55. The van der Waals surface area contributed by atoms with Gasteiger partial charge in [0, 0.05) is 17.6 Å². The van der Waals surface area contributed by atoms with E-state index in [9.17, 15) is 0 Å². The molecule has 4 heteroatoms. The van der Waals surface area contributed by atoms with Gasteiger partial charge in [-0.05, 0) is 36.9 Å². The summed E-state index contributed by atoms with van der Waals surface area (Å²) < 4.78 is 1.10. The molecule has 0 aliphatic heterocycles. The summed E-state index contributed by atoms with van der Waals surface area (Å²) in [6.07, 6.45) is 0. The predicted molar refractivity (Wildman–Crippen MR) is 78.6 cm³/mol. The Morgan fingerprint density at radius 1 is 1.11 bits per heavy atom. The first-order chi connectivity index (χ1) is 8.63. The minimum absolute atomic E-state index is 0.546. The van der Waals surface area contributed by atoms with Crippen molar-refractivity contribution in [1.82, 2.24) is 9.88 Å². The van der Waals surface area contributed by atoms with Crippen LogP contribution in [0.15, 0.2) is 46.9 Å². The SMILES string of the molecule is CN(Cc1ccc(Br)cc1)Cc1cccc(Cl)n1. The van der Waals surface area contributed by atoms with E-state index in [4.69, 9.17) is 11.6 Å². The van der Waals surface area contributed by atoms with Gasteiger partial charge >= 0.3 is 0 Å². The van der Waals surface area contributed by atoms with Crippen molar-refractivity contribution < 1.29 is 0 Å². The number of nitrogens with zero attached hydrogens (tertiary/aromatic N) is 2. The molecule has 0 bridgehead atoms. The van der Waals surface area contributed by atoms with Crippen molar-refractivity contribution in [2.45, 2.75) is 13.1 Å². The van der Waals surface area contributed by atoms with Crippen LogP contribution in [0.3, 0.4) is 0 Å². The van der Waals surface area contributed by atoms with Gasteiger partial charge in [0.15, 0.2) is 0 Å². The third kappa shape index (κ3) is 4.09. The highest BCUT2D eigenvalue weighted by atomic mass is 79.9. The molecule has 2 nitrogen and oxygen atoms in total. The van der Waals surface area contributed by atoms with Crippen molar-refractivity contribution in [1.29, 1.82) is 0 Å². The summed E-state index contributed by atoms with van der Waals surface area (Å²) in [5.41, 5.74) is 2.27. The monoisotopic (exact) mass is 324 g/mol. The van der Waals surface area contributed by atoms with Crippen LogP contribution in [-0.2, 0) is 13.1 Å². The Hall–Kier alpha value is -0.900. The quantitative estimate of drug-likeness (QED) is 0.786. The zero-order valence-corrected chi connectivity index (χ0v) is 12.4. The van der Waals surface area contributed by atoms with Gasteiger partial charge in [0.05, 0.1) is 5.69 Å². The van der Waals surface area contributed by atoms with Gasteiger partial charge < -0.3 is 0 Å². The molecule has 0 unspecified atom stereocenters. The van der Waals surface area contributed by atoms with E-state index in [1.54, 1.807) is 6.07 Å². The number of hydrogen-bond acceptors (Lipinski definition) is 2. The first kappa shape index (κ1) is 13.5. The minimum atomic E-state index is 0.546. The molecule has 94 valence electrons. The Balaban J connectivity index is 1.96. The molecule has 2 rings (SSSR count). The van der Waals surface area contributed by atoms with Crippen LogP contribution < -0.4 is 0 Å². The lowest BCUT2D eigenvalue weighted by Gasteiger charge is -2.16. The third-order valence-electron chi connectivity index (χ3n) is 2.57. The van der Waals surface area contributed by atoms with Crippen LogP contribution in [-0.4, -0.2) is 16.9 Å². The zero-order valence-electron chi connectivity index (χ0n) is 10.1. The van der Waals surface area contributed by atoms with Gasteiger partial charge in [0.25, 0.3) is 0 Å². The summed E-state index contributed by atoms with van der Waals surface area (Å²) in [5.74, 6) is 0. The Morgan fingerprint density at radius 3 is 2.50 bits per heavy atom. The highest BCUT2D eigenvalue weighted by Gasteiger charge is 2.03. The van der Waals surface area contributed by atoms with Crippen LogP contribution >= 0.6 is 27.5 Å². The van der Waals surface area contributed by atoms with Gasteiger partial charge in [-0.1, -0.05) is 45.7 Å². The highest BCUT2D eigenvalue weighted by Crippen LogP contribution is 2.13. The van der Waals surface area contributed by atoms with Crippen LogP contribution in [0.1, 0.15) is 11.3 Å². The Labute approximate surface area is 121 Å². The lowest BCUT2D eigenvalue weighted by molar-refractivity contribution is 0.315. The molecule has 0 spiro atoms. The predicted octanol–water partition coefficient (Wildman–Crippen LogP) is 4.13. The van der Waals surface area contributed by atoms with Crippen LogP contribution in [0.2, 0.25) is 5.15 Å². The van der Waals surface area contributed by atoms with E-state index in [0.29, 0.717) is 5.15 Å². The van der Waals surface area contributed by atoms with Gasteiger partial charge in [-0.3, -0.25) is 4.90 Å². The van der Waals surface area contributed by atoms with Crippen molar-refractivity contribution >= 4 is 27.5 Å². The normalized spacial score (nSPS) is 10.9. The number of aromatic nitrogens is 1. The average Bonchev–Trinajstić information content (AvgIpc) is 2.32. The molecular formula is C14H14BrClN2. The molecule has 0 aliphatic rings. The molecule has 0 atom stereocenters. The number of benzene rings is 1. The van der Waals surface area contributed by atoms with Crippen molar-refractivity contribution in [3.05, 3.63) is 63.3 Å². The van der Waals surface area contributed by atoms with E-state index in [-0.39, 0.29) is 0 Å². The van der Waals surface area contributed by atoms with Gasteiger partial charge in [0.2, 0.25) is 0 Å². The van der Waals surface area contributed by atoms with Crippen molar-refractivity contribution in [2.24, 2.45) is 0 Å². The minimum Gasteiger partial charge on any atom is -0.296 e. The molecular weight excluding hydrogens is 312 g/mol. The molecule has 0 radical (unpaired) electrons. The van der Waals surface area contributed by atoms with Crippen molar-refractivity contribution in [3.8, 4) is 0 Å². The lowest BCUT2D eigenvalue weighted by Crippen LogP contribution is -2.17. The summed E-state index contributed by atoms with van der Waals surface area (Å²) in [6.45, 7) is 1.68. The third-order valence-corrected chi connectivity index (χ3v) is 3.31. The van der Waals surface area contributed by atoms with Crippen molar-refractivity contribution in [2.75, 3.05) is 7.05 Å². The van der Waals surface area contributed by atoms with E-state index in [2.05, 4.69) is 57.1 Å². The fourth-order valence-electron chi connectivity index (χ4n) is 1.77. The van der Waals surface area contributed by atoms with Crippen molar-refractivity contribution in [3.63, 3.8) is 0 Å². The number of rotatable bonds is 4. The molecule has 0 saturated carbocycles. The maximum absolute atomic E-state index is 5.87. The number of pyridine rings is 1. The van der Waals surface area contributed by atoms with E-state index in [0.717, 1.165) is 23.3 Å². The highest BCUT2D eigenvalue weighted by molar-refractivity contribution is 9.10. The van der Waals surface area contributed by atoms with E-state index in [1.165, 1.54) is 5.56 Å². The Kier molecular flexibility index (Phi) is 4.75. The molecule has 0 saturated heterocycles. The second-order valence-electron chi connectivity index (χ2n) is 4.25. The molecule has 0 aliphatic carbocycles. The molecule has 2 aromatic rings. The topological polar surface area (TPSA) is 16.1 Å². The van der Waals surface area contributed by atoms with E-state index >= 15 is 0 Å². The molecule has 0 N–H and O–H groups in total. The average molecular weight is 326 g/mol. The molecule has 0 amide bonds. The summed E-state index contributed by atoms with van der Waals surface area (Å²) in [5, 5.41) is 0.546. The molecule has 1 aromatic carbocycles. The Bertz CT molecular complexity index is 513. The van der Waals surface area contributed by atoms with Gasteiger partial charge in [0.1, 0.15) is 5.15 Å². The van der Waals surface area contributed by atoms with E-state index < -0.39 is 0 Å². The summed E-state index contributed by atoms with van der Waals surface area (Å²) in [4.78, 5) is 6.50. The van der Waals surface area contributed by atoms with Gasteiger partial charge in [-0.25, -0.2) is 4.98 Å². The summed E-state index contributed by atoms with van der Waals surface area (Å²) in [6, 6.07) is 14.1. The van der Waals surface area contributed by atoms with Crippen LogP contribution in [0.5, 0.6) is 0 Å². The van der Waals surface area contributed by atoms with Crippen LogP contribution in [0, 0.1) is 0 Å².